The van der Waals surface area contributed by atoms with Crippen LogP contribution >= 0.6 is 11.6 Å². The monoisotopic (exact) mass is 350 g/mol. The molecule has 3 atom stereocenters. The maximum Gasteiger partial charge on any atom is 0.209 e. The summed E-state index contributed by atoms with van der Waals surface area (Å²) in [6.45, 7) is 7.52. The SMILES string of the molecule is CC[C@@H](C)/C=C(C)/C=C/C1=CC2=C(Cl)C(=O)[C@](C)(O)[C@H](O)C2=CO1. The van der Waals surface area contributed by atoms with Gasteiger partial charge in [0.1, 0.15) is 11.9 Å². The molecule has 0 fully saturated rings. The summed E-state index contributed by atoms with van der Waals surface area (Å²) in [6.07, 6.45) is 8.48. The molecule has 2 aliphatic rings. The quantitative estimate of drug-likeness (QED) is 0.761. The van der Waals surface area contributed by atoms with Crippen LogP contribution < -0.4 is 0 Å². The molecule has 1 aliphatic carbocycles. The van der Waals surface area contributed by atoms with E-state index in [0.29, 0.717) is 22.8 Å². The second kappa shape index (κ2) is 7.09. The van der Waals surface area contributed by atoms with Crippen molar-refractivity contribution >= 4 is 17.4 Å². The Hall–Kier alpha value is -1.62. The average molecular weight is 351 g/mol. The van der Waals surface area contributed by atoms with E-state index in [-0.39, 0.29) is 5.03 Å². The predicted octanol–water partition coefficient (Wildman–Crippen LogP) is 3.52. The number of Topliss-reactive ketones (excluding diaryl/α,β-unsaturated/α-hetero) is 1. The Morgan fingerprint density at radius 1 is 1.54 bits per heavy atom. The smallest absolute Gasteiger partial charge is 0.209 e. The molecule has 0 saturated carbocycles. The Kier molecular flexibility index (Phi) is 5.53. The largest absolute Gasteiger partial charge is 0.465 e. The lowest BCUT2D eigenvalue weighted by molar-refractivity contribution is -0.140. The first-order valence-electron chi connectivity index (χ1n) is 7.98. The van der Waals surface area contributed by atoms with Crippen molar-refractivity contribution in [2.75, 3.05) is 0 Å². The molecule has 0 aromatic carbocycles. The molecule has 0 amide bonds. The molecule has 4 nitrogen and oxygen atoms in total. The minimum atomic E-state index is -1.95. The van der Waals surface area contributed by atoms with E-state index in [4.69, 9.17) is 16.3 Å². The second-order valence-corrected chi connectivity index (χ2v) is 6.85. The maximum absolute atomic E-state index is 12.1. The zero-order chi connectivity index (χ0) is 18.1. The van der Waals surface area contributed by atoms with Crippen molar-refractivity contribution in [2.45, 2.75) is 45.8 Å². The van der Waals surface area contributed by atoms with Crippen molar-refractivity contribution in [2.24, 2.45) is 5.92 Å². The topological polar surface area (TPSA) is 66.8 Å². The summed E-state index contributed by atoms with van der Waals surface area (Å²) < 4.78 is 5.49. The van der Waals surface area contributed by atoms with Gasteiger partial charge in [-0.3, -0.25) is 4.79 Å². The highest BCUT2D eigenvalue weighted by atomic mass is 35.5. The van der Waals surface area contributed by atoms with E-state index in [0.717, 1.165) is 12.0 Å². The average Bonchev–Trinajstić information content (AvgIpc) is 2.56. The van der Waals surface area contributed by atoms with Crippen LogP contribution in [-0.4, -0.2) is 27.7 Å². The molecule has 0 spiro atoms. The minimum Gasteiger partial charge on any atom is -0.465 e. The van der Waals surface area contributed by atoms with Gasteiger partial charge in [-0.2, -0.15) is 0 Å². The Morgan fingerprint density at radius 2 is 2.21 bits per heavy atom. The number of carbonyl (C=O) groups is 1. The van der Waals surface area contributed by atoms with Crippen LogP contribution in [0.2, 0.25) is 0 Å². The van der Waals surface area contributed by atoms with E-state index in [1.54, 1.807) is 12.2 Å². The number of allylic oxidation sites excluding steroid dienone is 5. The van der Waals surface area contributed by atoms with Crippen molar-refractivity contribution in [3.05, 3.63) is 58.1 Å². The van der Waals surface area contributed by atoms with Gasteiger partial charge in [0.05, 0.1) is 11.3 Å². The van der Waals surface area contributed by atoms with Gasteiger partial charge in [0.2, 0.25) is 5.78 Å². The molecular weight excluding hydrogens is 328 g/mol. The zero-order valence-electron chi connectivity index (χ0n) is 14.3. The fraction of sp³-hybridized carbons (Fsp3) is 0.421. The van der Waals surface area contributed by atoms with Crippen LogP contribution in [0.1, 0.15) is 34.1 Å². The molecule has 2 N–H and O–H groups in total. The standard InChI is InChI=1S/C19H23ClO4/c1-5-11(2)8-12(3)6-7-13-9-14-15(10-24-13)17(21)19(4,23)18(22)16(14)20/h6-11,17,21,23H,5H2,1-4H3/b7-6+,12-8+/t11-,17-,19-/m1/s1. The van der Waals surface area contributed by atoms with Gasteiger partial charge < -0.3 is 14.9 Å². The Bertz CT molecular complexity index is 692. The van der Waals surface area contributed by atoms with Crippen LogP contribution in [0, 0.1) is 5.92 Å². The number of hydrogen-bond donors (Lipinski definition) is 2. The lowest BCUT2D eigenvalue weighted by atomic mass is 9.79. The van der Waals surface area contributed by atoms with E-state index >= 15 is 0 Å². The van der Waals surface area contributed by atoms with Gasteiger partial charge in [0, 0.05) is 11.1 Å². The Labute approximate surface area is 147 Å². The van der Waals surface area contributed by atoms with Crippen molar-refractivity contribution < 1.29 is 19.7 Å². The van der Waals surface area contributed by atoms with E-state index in [1.807, 2.05) is 13.0 Å². The van der Waals surface area contributed by atoms with Crippen molar-refractivity contribution in [1.29, 1.82) is 0 Å². The van der Waals surface area contributed by atoms with Gasteiger partial charge in [0.15, 0.2) is 5.60 Å². The molecule has 0 unspecified atom stereocenters. The van der Waals surface area contributed by atoms with Crippen LogP contribution in [0.15, 0.2) is 58.1 Å². The first-order chi connectivity index (χ1) is 11.2. The number of ketones is 1. The number of hydrogen-bond acceptors (Lipinski definition) is 4. The first-order valence-corrected chi connectivity index (χ1v) is 8.36. The molecule has 0 saturated heterocycles. The fourth-order valence-electron chi connectivity index (χ4n) is 2.55. The highest BCUT2D eigenvalue weighted by Gasteiger charge is 2.48. The van der Waals surface area contributed by atoms with Gasteiger partial charge in [-0.05, 0) is 31.9 Å². The predicted molar refractivity (Wildman–Crippen MR) is 94.1 cm³/mol. The third kappa shape index (κ3) is 3.56. The summed E-state index contributed by atoms with van der Waals surface area (Å²) in [5.41, 5.74) is -0.165. The lowest BCUT2D eigenvalue weighted by Gasteiger charge is -2.35. The van der Waals surface area contributed by atoms with Crippen molar-refractivity contribution in [3.8, 4) is 0 Å². The summed E-state index contributed by atoms with van der Waals surface area (Å²) in [4.78, 5) is 12.1. The molecule has 0 aromatic rings. The van der Waals surface area contributed by atoms with Crippen LogP contribution in [0.5, 0.6) is 0 Å². The first kappa shape index (κ1) is 18.7. The number of halogens is 1. The van der Waals surface area contributed by atoms with E-state index < -0.39 is 17.5 Å². The van der Waals surface area contributed by atoms with Crippen LogP contribution in [0.4, 0.5) is 0 Å². The number of ether oxygens (including phenoxy) is 1. The van der Waals surface area contributed by atoms with Crippen molar-refractivity contribution in [1.82, 2.24) is 0 Å². The summed E-state index contributed by atoms with van der Waals surface area (Å²) in [5, 5.41) is 20.2. The number of carbonyl (C=O) groups excluding carboxylic acids is 1. The van der Waals surface area contributed by atoms with E-state index in [9.17, 15) is 15.0 Å². The molecule has 1 aliphatic heterocycles. The molecule has 24 heavy (non-hydrogen) atoms. The molecule has 0 radical (unpaired) electrons. The van der Waals surface area contributed by atoms with Gasteiger partial charge >= 0.3 is 0 Å². The highest BCUT2D eigenvalue weighted by molar-refractivity contribution is 6.45. The lowest BCUT2D eigenvalue weighted by Crippen LogP contribution is -2.51. The molecular formula is C19H23ClO4. The number of aliphatic hydroxyl groups excluding tert-OH is 1. The summed E-state index contributed by atoms with van der Waals surface area (Å²) >= 11 is 6.09. The summed E-state index contributed by atoms with van der Waals surface area (Å²) in [6, 6.07) is 0. The second-order valence-electron chi connectivity index (χ2n) is 6.47. The maximum atomic E-state index is 12.1. The molecule has 0 bridgehead atoms. The summed E-state index contributed by atoms with van der Waals surface area (Å²) in [7, 11) is 0. The van der Waals surface area contributed by atoms with Crippen molar-refractivity contribution in [3.63, 3.8) is 0 Å². The number of rotatable bonds is 4. The number of aliphatic hydroxyl groups is 2. The van der Waals surface area contributed by atoms with Gasteiger partial charge in [-0.25, -0.2) is 0 Å². The molecule has 130 valence electrons. The third-order valence-electron chi connectivity index (χ3n) is 4.34. The van der Waals surface area contributed by atoms with Crippen LogP contribution in [-0.2, 0) is 9.53 Å². The third-order valence-corrected chi connectivity index (χ3v) is 4.72. The Balaban J connectivity index is 2.30. The van der Waals surface area contributed by atoms with E-state index in [2.05, 4.69) is 19.9 Å². The van der Waals surface area contributed by atoms with E-state index in [1.165, 1.54) is 13.2 Å². The van der Waals surface area contributed by atoms with Crippen LogP contribution in [0.3, 0.4) is 0 Å². The Morgan fingerprint density at radius 3 is 2.83 bits per heavy atom. The summed E-state index contributed by atoms with van der Waals surface area (Å²) in [5.74, 6) is 0.302. The van der Waals surface area contributed by atoms with Gasteiger partial charge in [0.25, 0.3) is 0 Å². The zero-order valence-corrected chi connectivity index (χ0v) is 15.1. The number of fused-ring (bicyclic) bond motifs is 1. The molecule has 1 heterocycles. The molecule has 2 rings (SSSR count). The highest BCUT2D eigenvalue weighted by Crippen LogP contribution is 2.39. The fourth-order valence-corrected chi connectivity index (χ4v) is 2.91. The van der Waals surface area contributed by atoms with Gasteiger partial charge in [-0.15, -0.1) is 0 Å². The minimum absolute atomic E-state index is 0.0994. The van der Waals surface area contributed by atoms with Crippen LogP contribution in [0.25, 0.3) is 0 Å². The molecule has 5 heteroatoms. The van der Waals surface area contributed by atoms with Gasteiger partial charge in [-0.1, -0.05) is 49.6 Å². The molecule has 0 aromatic heterocycles. The normalized spacial score (nSPS) is 29.2.